The van der Waals surface area contributed by atoms with E-state index in [0.717, 1.165) is 19.4 Å². The van der Waals surface area contributed by atoms with Gasteiger partial charge in [0.25, 0.3) is 0 Å². The highest BCUT2D eigenvalue weighted by molar-refractivity contribution is 5.79. The molecule has 16 heavy (non-hydrogen) atoms. The maximum absolute atomic E-state index is 11.6. The highest BCUT2D eigenvalue weighted by Gasteiger charge is 2.39. The second kappa shape index (κ2) is 4.72. The molecule has 2 amide bonds. The molecule has 2 rings (SSSR count). The van der Waals surface area contributed by atoms with Crippen LogP contribution in [0.2, 0.25) is 0 Å². The molecule has 0 bridgehead atoms. The zero-order valence-corrected chi connectivity index (χ0v) is 9.57. The van der Waals surface area contributed by atoms with E-state index in [1.165, 1.54) is 0 Å². The molecule has 0 spiro atoms. The SMILES string of the molecule is CCOC(=O)NCC1CC(=O)N(C2CC2)C1. The molecule has 5 nitrogen and oxygen atoms in total. The van der Waals surface area contributed by atoms with Crippen molar-refractivity contribution in [3.63, 3.8) is 0 Å². The summed E-state index contributed by atoms with van der Waals surface area (Å²) in [5.41, 5.74) is 0. The number of nitrogens with zero attached hydrogens (tertiary/aromatic N) is 1. The van der Waals surface area contributed by atoms with Crippen molar-refractivity contribution in [2.24, 2.45) is 5.92 Å². The summed E-state index contributed by atoms with van der Waals surface area (Å²) in [7, 11) is 0. The molecule has 1 aliphatic heterocycles. The van der Waals surface area contributed by atoms with Gasteiger partial charge in [0.05, 0.1) is 6.61 Å². The third-order valence-electron chi connectivity index (χ3n) is 3.04. The van der Waals surface area contributed by atoms with Crippen LogP contribution >= 0.6 is 0 Å². The molecule has 1 atom stereocenters. The molecule has 90 valence electrons. The van der Waals surface area contributed by atoms with E-state index < -0.39 is 0 Å². The molecule has 0 aromatic carbocycles. The lowest BCUT2D eigenvalue weighted by Crippen LogP contribution is -2.32. The van der Waals surface area contributed by atoms with Crippen LogP contribution in [0, 0.1) is 5.92 Å². The number of amides is 2. The summed E-state index contributed by atoms with van der Waals surface area (Å²) in [6.07, 6.45) is 2.45. The van der Waals surface area contributed by atoms with Gasteiger partial charge in [0.15, 0.2) is 0 Å². The third kappa shape index (κ3) is 2.65. The number of nitrogens with one attached hydrogen (secondary N) is 1. The van der Waals surface area contributed by atoms with Gasteiger partial charge in [-0.2, -0.15) is 0 Å². The van der Waals surface area contributed by atoms with Gasteiger partial charge in [-0.3, -0.25) is 4.79 Å². The number of rotatable bonds is 4. The Kier molecular flexibility index (Phi) is 3.31. The number of hydrogen-bond donors (Lipinski definition) is 1. The van der Waals surface area contributed by atoms with Gasteiger partial charge >= 0.3 is 6.09 Å². The first-order valence-electron chi connectivity index (χ1n) is 5.90. The molecule has 1 unspecified atom stereocenters. The van der Waals surface area contributed by atoms with E-state index in [1.54, 1.807) is 6.92 Å². The predicted octanol–water partition coefficient (Wildman–Crippen LogP) is 0.743. The van der Waals surface area contributed by atoms with Crippen LogP contribution in [0.5, 0.6) is 0 Å². The highest BCUT2D eigenvalue weighted by atomic mass is 16.5. The second-order valence-electron chi connectivity index (χ2n) is 4.45. The Bertz CT molecular complexity index is 289. The van der Waals surface area contributed by atoms with Crippen molar-refractivity contribution in [2.45, 2.75) is 32.2 Å². The molecular formula is C11H18N2O3. The Hall–Kier alpha value is -1.26. The van der Waals surface area contributed by atoms with Crippen LogP contribution in [-0.2, 0) is 9.53 Å². The van der Waals surface area contributed by atoms with Gasteiger partial charge in [-0.05, 0) is 19.8 Å². The van der Waals surface area contributed by atoms with E-state index in [9.17, 15) is 9.59 Å². The molecule has 1 saturated heterocycles. The van der Waals surface area contributed by atoms with E-state index in [0.29, 0.717) is 25.6 Å². The van der Waals surface area contributed by atoms with Crippen molar-refractivity contribution in [3.8, 4) is 0 Å². The maximum atomic E-state index is 11.6. The molecule has 1 saturated carbocycles. The lowest BCUT2D eigenvalue weighted by molar-refractivity contribution is -0.128. The van der Waals surface area contributed by atoms with Gasteiger partial charge in [0.1, 0.15) is 0 Å². The standard InChI is InChI=1S/C11H18N2O3/c1-2-16-11(15)12-6-8-5-10(14)13(7-8)9-3-4-9/h8-9H,2-7H2,1H3,(H,12,15). The quantitative estimate of drug-likeness (QED) is 0.769. The van der Waals surface area contributed by atoms with Crippen LogP contribution < -0.4 is 5.32 Å². The molecule has 1 heterocycles. The fourth-order valence-electron chi connectivity index (χ4n) is 2.09. The predicted molar refractivity (Wildman–Crippen MR) is 57.9 cm³/mol. The normalized spacial score (nSPS) is 24.7. The van der Waals surface area contributed by atoms with Gasteiger partial charge in [-0.25, -0.2) is 4.79 Å². The molecule has 0 radical (unpaired) electrons. The maximum Gasteiger partial charge on any atom is 0.407 e. The number of alkyl carbamates (subject to hydrolysis) is 1. The van der Waals surface area contributed by atoms with Gasteiger partial charge < -0.3 is 15.0 Å². The first-order chi connectivity index (χ1) is 7.70. The zero-order chi connectivity index (χ0) is 11.5. The highest BCUT2D eigenvalue weighted by Crippen LogP contribution is 2.32. The van der Waals surface area contributed by atoms with Crippen LogP contribution in [-0.4, -0.2) is 42.6 Å². The van der Waals surface area contributed by atoms with Crippen LogP contribution in [0.4, 0.5) is 4.79 Å². The molecule has 1 N–H and O–H groups in total. The first-order valence-corrected chi connectivity index (χ1v) is 5.90. The molecule has 2 fully saturated rings. The summed E-state index contributed by atoms with van der Waals surface area (Å²) in [5.74, 6) is 0.482. The Balaban J connectivity index is 1.71. The Labute approximate surface area is 95.1 Å². The van der Waals surface area contributed by atoms with Crippen molar-refractivity contribution in [2.75, 3.05) is 19.7 Å². The number of carbonyl (C=O) groups is 2. The molecule has 2 aliphatic rings. The van der Waals surface area contributed by atoms with Gasteiger partial charge in [0.2, 0.25) is 5.91 Å². The molecule has 1 aliphatic carbocycles. The van der Waals surface area contributed by atoms with Gasteiger partial charge in [0, 0.05) is 31.5 Å². The summed E-state index contributed by atoms with van der Waals surface area (Å²) < 4.78 is 4.77. The van der Waals surface area contributed by atoms with Crippen molar-refractivity contribution < 1.29 is 14.3 Å². The van der Waals surface area contributed by atoms with Gasteiger partial charge in [-0.1, -0.05) is 0 Å². The zero-order valence-electron chi connectivity index (χ0n) is 9.57. The van der Waals surface area contributed by atoms with Crippen molar-refractivity contribution >= 4 is 12.0 Å². The topological polar surface area (TPSA) is 58.6 Å². The summed E-state index contributed by atoms with van der Waals surface area (Å²) in [6.45, 7) is 3.47. The Morgan fingerprint density at radius 1 is 1.56 bits per heavy atom. The summed E-state index contributed by atoms with van der Waals surface area (Å²) in [5, 5.41) is 2.69. The third-order valence-corrected chi connectivity index (χ3v) is 3.04. The number of carbonyl (C=O) groups excluding carboxylic acids is 2. The van der Waals surface area contributed by atoms with Crippen molar-refractivity contribution in [1.82, 2.24) is 10.2 Å². The molecular weight excluding hydrogens is 208 g/mol. The summed E-state index contributed by atoms with van der Waals surface area (Å²) in [6, 6.07) is 0.486. The van der Waals surface area contributed by atoms with E-state index in [4.69, 9.17) is 4.74 Å². The Morgan fingerprint density at radius 3 is 2.94 bits per heavy atom. The smallest absolute Gasteiger partial charge is 0.407 e. The number of likely N-dealkylation sites (tertiary alicyclic amines) is 1. The first kappa shape index (κ1) is 11.2. The second-order valence-corrected chi connectivity index (χ2v) is 4.45. The average Bonchev–Trinajstić information content (AvgIpc) is 3.01. The molecule has 0 aromatic heterocycles. The molecule has 5 heteroatoms. The van der Waals surface area contributed by atoms with E-state index >= 15 is 0 Å². The fraction of sp³-hybridized carbons (Fsp3) is 0.818. The minimum absolute atomic E-state index is 0.234. The van der Waals surface area contributed by atoms with E-state index in [-0.39, 0.29) is 17.9 Å². The lowest BCUT2D eigenvalue weighted by atomic mass is 10.1. The molecule has 0 aromatic rings. The van der Waals surface area contributed by atoms with Crippen LogP contribution in [0.15, 0.2) is 0 Å². The monoisotopic (exact) mass is 226 g/mol. The summed E-state index contributed by atoms with van der Waals surface area (Å²) in [4.78, 5) is 24.7. The lowest BCUT2D eigenvalue weighted by Gasteiger charge is -2.15. The van der Waals surface area contributed by atoms with Crippen molar-refractivity contribution in [3.05, 3.63) is 0 Å². The van der Waals surface area contributed by atoms with Crippen molar-refractivity contribution in [1.29, 1.82) is 0 Å². The largest absolute Gasteiger partial charge is 0.450 e. The number of hydrogen-bond acceptors (Lipinski definition) is 3. The van der Waals surface area contributed by atoms with E-state index in [2.05, 4.69) is 5.32 Å². The summed E-state index contributed by atoms with van der Waals surface area (Å²) >= 11 is 0. The van der Waals surface area contributed by atoms with Crippen LogP contribution in [0.25, 0.3) is 0 Å². The Morgan fingerprint density at radius 2 is 2.31 bits per heavy atom. The van der Waals surface area contributed by atoms with Crippen LogP contribution in [0.1, 0.15) is 26.2 Å². The minimum Gasteiger partial charge on any atom is -0.450 e. The average molecular weight is 226 g/mol. The van der Waals surface area contributed by atoms with Crippen LogP contribution in [0.3, 0.4) is 0 Å². The van der Waals surface area contributed by atoms with E-state index in [1.807, 2.05) is 4.90 Å². The number of ether oxygens (including phenoxy) is 1. The van der Waals surface area contributed by atoms with Gasteiger partial charge in [-0.15, -0.1) is 0 Å². The fourth-order valence-corrected chi connectivity index (χ4v) is 2.09. The minimum atomic E-state index is -0.389.